The van der Waals surface area contributed by atoms with Gasteiger partial charge in [0.1, 0.15) is 0 Å². The number of likely N-dealkylation sites (N-methyl/N-ethyl adjacent to an activating group) is 2. The van der Waals surface area contributed by atoms with Gasteiger partial charge in [0.15, 0.2) is 0 Å². The summed E-state index contributed by atoms with van der Waals surface area (Å²) in [5.74, 6) is 0. The molecule has 0 saturated heterocycles. The minimum atomic E-state index is 0.265. The molecule has 3 nitrogen and oxygen atoms in total. The van der Waals surface area contributed by atoms with Crippen LogP contribution >= 0.6 is 0 Å². The van der Waals surface area contributed by atoms with Gasteiger partial charge in [-0.05, 0) is 25.4 Å². The van der Waals surface area contributed by atoms with Crippen molar-refractivity contribution in [3.05, 3.63) is 0 Å². The Morgan fingerprint density at radius 2 is 1.93 bits per heavy atom. The summed E-state index contributed by atoms with van der Waals surface area (Å²) in [6.45, 7) is 12.2. The highest BCUT2D eigenvalue weighted by Crippen LogP contribution is 2.14. The summed E-state index contributed by atoms with van der Waals surface area (Å²) in [5, 5.41) is 12.3. The van der Waals surface area contributed by atoms with Crippen molar-refractivity contribution in [2.75, 3.05) is 33.3 Å². The molecule has 0 spiro atoms. The lowest BCUT2D eigenvalue weighted by atomic mass is 9.96. The number of rotatable bonds is 7. The van der Waals surface area contributed by atoms with Gasteiger partial charge in [-0.3, -0.25) is 0 Å². The Kier molecular flexibility index (Phi) is 7.14. The zero-order valence-electron chi connectivity index (χ0n) is 11.0. The van der Waals surface area contributed by atoms with Crippen LogP contribution < -0.4 is 5.32 Å². The van der Waals surface area contributed by atoms with E-state index in [1.54, 1.807) is 0 Å². The van der Waals surface area contributed by atoms with Crippen molar-refractivity contribution in [2.45, 2.75) is 40.2 Å². The quantitative estimate of drug-likeness (QED) is 0.674. The number of aliphatic hydroxyl groups excluding tert-OH is 1. The van der Waals surface area contributed by atoms with Crippen molar-refractivity contribution in [1.82, 2.24) is 10.2 Å². The summed E-state index contributed by atoms with van der Waals surface area (Å²) in [5.41, 5.74) is 0.338. The van der Waals surface area contributed by atoms with Gasteiger partial charge in [-0.25, -0.2) is 0 Å². The third-order valence-electron chi connectivity index (χ3n) is 2.25. The fraction of sp³-hybridized carbons (Fsp3) is 1.00. The predicted octanol–water partition coefficient (Wildman–Crippen LogP) is 1.32. The average Bonchev–Trinajstić information content (AvgIpc) is 2.00. The van der Waals surface area contributed by atoms with Crippen LogP contribution in [0.1, 0.15) is 34.1 Å². The van der Waals surface area contributed by atoms with Gasteiger partial charge in [0.2, 0.25) is 0 Å². The molecule has 2 N–H and O–H groups in total. The second-order valence-electron chi connectivity index (χ2n) is 5.52. The maximum Gasteiger partial charge on any atom is 0.0446 e. The standard InChI is InChI=1S/C12H28N2O/c1-6-13-11(7-8-15)9-14(5)10-12(2,3)4/h11,13,15H,6-10H2,1-5H3. The van der Waals surface area contributed by atoms with Gasteiger partial charge < -0.3 is 15.3 Å². The first-order valence-electron chi connectivity index (χ1n) is 5.92. The smallest absolute Gasteiger partial charge is 0.0446 e. The molecule has 0 rings (SSSR count). The molecule has 0 aliphatic carbocycles. The summed E-state index contributed by atoms with van der Waals surface area (Å²) < 4.78 is 0. The zero-order chi connectivity index (χ0) is 11.9. The first-order chi connectivity index (χ1) is 6.89. The van der Waals surface area contributed by atoms with E-state index in [9.17, 15) is 0 Å². The van der Waals surface area contributed by atoms with Crippen LogP contribution in [-0.4, -0.2) is 49.3 Å². The van der Waals surface area contributed by atoms with E-state index < -0.39 is 0 Å². The predicted molar refractivity (Wildman–Crippen MR) is 66.1 cm³/mol. The van der Waals surface area contributed by atoms with Gasteiger partial charge in [-0.15, -0.1) is 0 Å². The van der Waals surface area contributed by atoms with E-state index in [0.29, 0.717) is 11.5 Å². The molecular weight excluding hydrogens is 188 g/mol. The van der Waals surface area contributed by atoms with Crippen LogP contribution in [0.4, 0.5) is 0 Å². The SMILES string of the molecule is CCNC(CCO)CN(C)CC(C)(C)C. The number of hydrogen-bond acceptors (Lipinski definition) is 3. The second kappa shape index (κ2) is 7.20. The molecule has 0 aliphatic rings. The van der Waals surface area contributed by atoms with Crippen LogP contribution in [0.5, 0.6) is 0 Å². The van der Waals surface area contributed by atoms with Crippen molar-refractivity contribution in [3.8, 4) is 0 Å². The minimum Gasteiger partial charge on any atom is -0.396 e. The largest absolute Gasteiger partial charge is 0.396 e. The number of hydrogen-bond donors (Lipinski definition) is 2. The first-order valence-corrected chi connectivity index (χ1v) is 5.92. The molecule has 0 aromatic heterocycles. The minimum absolute atomic E-state index is 0.265. The van der Waals surface area contributed by atoms with E-state index >= 15 is 0 Å². The molecule has 0 fully saturated rings. The summed E-state index contributed by atoms with van der Waals surface area (Å²) in [6, 6.07) is 0.410. The maximum absolute atomic E-state index is 8.95. The highest BCUT2D eigenvalue weighted by atomic mass is 16.3. The first kappa shape index (κ1) is 14.9. The van der Waals surface area contributed by atoms with Gasteiger partial charge in [-0.1, -0.05) is 27.7 Å². The average molecular weight is 216 g/mol. The van der Waals surface area contributed by atoms with Crippen LogP contribution in [-0.2, 0) is 0 Å². The third kappa shape index (κ3) is 8.85. The monoisotopic (exact) mass is 216 g/mol. The molecule has 0 aromatic rings. The van der Waals surface area contributed by atoms with Crippen LogP contribution in [0.3, 0.4) is 0 Å². The number of aliphatic hydroxyl groups is 1. The summed E-state index contributed by atoms with van der Waals surface area (Å²) in [6.07, 6.45) is 0.836. The third-order valence-corrected chi connectivity index (χ3v) is 2.25. The van der Waals surface area contributed by atoms with Crippen LogP contribution in [0.15, 0.2) is 0 Å². The van der Waals surface area contributed by atoms with E-state index in [1.165, 1.54) is 0 Å². The van der Waals surface area contributed by atoms with Crippen molar-refractivity contribution >= 4 is 0 Å². The molecular formula is C12H28N2O. The molecule has 0 amide bonds. The lowest BCUT2D eigenvalue weighted by Crippen LogP contribution is -2.42. The van der Waals surface area contributed by atoms with Gasteiger partial charge in [-0.2, -0.15) is 0 Å². The van der Waals surface area contributed by atoms with Crippen LogP contribution in [0, 0.1) is 5.41 Å². The van der Waals surface area contributed by atoms with Crippen LogP contribution in [0.2, 0.25) is 0 Å². The van der Waals surface area contributed by atoms with E-state index in [4.69, 9.17) is 5.11 Å². The normalized spacial score (nSPS) is 14.6. The number of nitrogens with zero attached hydrogens (tertiary/aromatic N) is 1. The maximum atomic E-state index is 8.95. The second-order valence-corrected chi connectivity index (χ2v) is 5.52. The molecule has 15 heavy (non-hydrogen) atoms. The lowest BCUT2D eigenvalue weighted by molar-refractivity contribution is 0.190. The van der Waals surface area contributed by atoms with E-state index in [1.807, 2.05) is 0 Å². The van der Waals surface area contributed by atoms with Gasteiger partial charge in [0.25, 0.3) is 0 Å². The topological polar surface area (TPSA) is 35.5 Å². The Morgan fingerprint density at radius 3 is 2.33 bits per heavy atom. The lowest BCUT2D eigenvalue weighted by Gasteiger charge is -2.30. The van der Waals surface area contributed by atoms with Crippen molar-refractivity contribution in [2.24, 2.45) is 5.41 Å². The molecule has 3 heteroatoms. The van der Waals surface area contributed by atoms with Gasteiger partial charge in [0.05, 0.1) is 0 Å². The molecule has 92 valence electrons. The van der Waals surface area contributed by atoms with Crippen LogP contribution in [0.25, 0.3) is 0 Å². The van der Waals surface area contributed by atoms with Crippen molar-refractivity contribution < 1.29 is 5.11 Å². The Morgan fingerprint density at radius 1 is 1.33 bits per heavy atom. The fourth-order valence-electron chi connectivity index (χ4n) is 1.95. The molecule has 0 aliphatic heterocycles. The van der Waals surface area contributed by atoms with E-state index in [-0.39, 0.29) is 6.61 Å². The molecule has 0 heterocycles. The zero-order valence-corrected chi connectivity index (χ0v) is 11.0. The molecule has 0 aromatic carbocycles. The molecule has 0 bridgehead atoms. The highest BCUT2D eigenvalue weighted by molar-refractivity contribution is 4.73. The fourth-order valence-corrected chi connectivity index (χ4v) is 1.95. The molecule has 1 unspecified atom stereocenters. The van der Waals surface area contributed by atoms with Crippen molar-refractivity contribution in [1.29, 1.82) is 0 Å². The van der Waals surface area contributed by atoms with E-state index in [0.717, 1.165) is 26.1 Å². The highest BCUT2D eigenvalue weighted by Gasteiger charge is 2.16. The molecule has 0 radical (unpaired) electrons. The molecule has 1 atom stereocenters. The van der Waals surface area contributed by atoms with Gasteiger partial charge in [0, 0.05) is 25.7 Å². The Labute approximate surface area is 94.9 Å². The summed E-state index contributed by atoms with van der Waals surface area (Å²) >= 11 is 0. The molecule has 0 saturated carbocycles. The summed E-state index contributed by atoms with van der Waals surface area (Å²) in [7, 11) is 2.15. The Hall–Kier alpha value is -0.120. The Balaban J connectivity index is 3.93. The van der Waals surface area contributed by atoms with E-state index in [2.05, 4.69) is 45.0 Å². The van der Waals surface area contributed by atoms with Crippen molar-refractivity contribution in [3.63, 3.8) is 0 Å². The van der Waals surface area contributed by atoms with Gasteiger partial charge >= 0.3 is 0 Å². The summed E-state index contributed by atoms with van der Waals surface area (Å²) in [4.78, 5) is 2.34. The Bertz CT molecular complexity index is 148. The number of nitrogens with one attached hydrogen (secondary N) is 1.